The summed E-state index contributed by atoms with van der Waals surface area (Å²) in [4.78, 5) is 103. The second-order valence-electron chi connectivity index (χ2n) is 13.6. The van der Waals surface area contributed by atoms with Crippen molar-refractivity contribution in [2.75, 3.05) is 20.1 Å². The molecule has 0 unspecified atom stereocenters. The van der Waals surface area contributed by atoms with E-state index in [0.717, 1.165) is 4.90 Å². The van der Waals surface area contributed by atoms with Crippen LogP contribution in [0.3, 0.4) is 0 Å². The molecular weight excluding hydrogens is 676 g/mol. The number of nitrogens with two attached hydrogens (primary N) is 1. The Bertz CT molecular complexity index is 1390. The number of likely N-dealkylation sites (N-methyl/N-ethyl adjacent to an activating group) is 1. The van der Waals surface area contributed by atoms with E-state index in [2.05, 4.69) is 26.6 Å². The maximum atomic E-state index is 13.9. The highest BCUT2D eigenvalue weighted by atomic mass is 16.5. The van der Waals surface area contributed by atoms with Gasteiger partial charge in [0.25, 0.3) is 0 Å². The van der Waals surface area contributed by atoms with Crippen LogP contribution in [0, 0.1) is 17.8 Å². The fourth-order valence-electron chi connectivity index (χ4n) is 5.06. The molecule has 0 fully saturated rings. The number of carbonyl (C=O) groups excluding carboxylic acids is 8. The van der Waals surface area contributed by atoms with Crippen LogP contribution in [0.4, 0.5) is 0 Å². The summed E-state index contributed by atoms with van der Waals surface area (Å²) in [5.41, 5.74) is 7.30. The van der Waals surface area contributed by atoms with Crippen LogP contribution in [0.2, 0.25) is 0 Å². The summed E-state index contributed by atoms with van der Waals surface area (Å²) in [7, 11) is 1.35. The normalized spacial score (nSPS) is 13.8. The zero-order valence-electron chi connectivity index (χ0n) is 31.1. The van der Waals surface area contributed by atoms with Gasteiger partial charge in [0.05, 0.1) is 13.1 Å². The van der Waals surface area contributed by atoms with Gasteiger partial charge in [-0.05, 0) is 29.7 Å². The molecule has 0 aliphatic rings. The molecule has 9 N–H and O–H groups in total. The van der Waals surface area contributed by atoms with Crippen LogP contribution >= 0.6 is 0 Å². The summed E-state index contributed by atoms with van der Waals surface area (Å²) in [5.74, 6) is -6.15. The molecule has 0 heterocycles. The Morgan fingerprint density at radius 1 is 0.750 bits per heavy atom. The largest absolute Gasteiger partial charge is 0.368 e. The van der Waals surface area contributed by atoms with Gasteiger partial charge in [-0.25, -0.2) is 5.48 Å². The van der Waals surface area contributed by atoms with Crippen molar-refractivity contribution in [2.24, 2.45) is 23.5 Å². The zero-order valence-corrected chi connectivity index (χ0v) is 31.1. The highest BCUT2D eigenvalue weighted by Gasteiger charge is 2.34. The van der Waals surface area contributed by atoms with E-state index < -0.39 is 96.4 Å². The molecule has 1 aromatic carbocycles. The molecule has 17 nitrogen and oxygen atoms in total. The molecule has 0 saturated heterocycles. The lowest BCUT2D eigenvalue weighted by Gasteiger charge is -2.30. The predicted molar refractivity (Wildman–Crippen MR) is 191 cm³/mol. The summed E-state index contributed by atoms with van der Waals surface area (Å²) < 4.78 is 0. The van der Waals surface area contributed by atoms with Crippen molar-refractivity contribution < 1.29 is 43.6 Å². The first-order valence-corrected chi connectivity index (χ1v) is 17.4. The van der Waals surface area contributed by atoms with Crippen LogP contribution in [-0.2, 0) is 44.8 Å². The van der Waals surface area contributed by atoms with Gasteiger partial charge < -0.3 is 37.2 Å². The van der Waals surface area contributed by atoms with Gasteiger partial charge in [-0.2, -0.15) is 0 Å². The molecule has 1 rings (SSSR count). The third-order valence-corrected chi connectivity index (χ3v) is 8.25. The maximum Gasteiger partial charge on any atom is 0.243 e. The number of hydrogen-bond acceptors (Lipinski definition) is 9. The van der Waals surface area contributed by atoms with Gasteiger partial charge in [0.2, 0.25) is 47.3 Å². The molecule has 0 saturated carbocycles. The number of nitrogens with one attached hydrogen (secondary N) is 6. The Hall–Kier alpha value is -5.06. The number of rotatable bonds is 22. The average molecular weight is 733 g/mol. The smallest absolute Gasteiger partial charge is 0.243 e. The minimum Gasteiger partial charge on any atom is -0.368 e. The standard InChI is InChI=1S/C35H56N8O9/c1-8-22(6)31(35(51)38-24(16-20(2)3)32(48)37-18-26(36)44)41-33(49)25(17-23-12-10-9-11-13-23)39-34(50)30(21(4)5)40-28(46)19-43(7)29(47)15-14-27(45)42-52/h9-13,20-22,24-25,30-31,52H,8,14-19H2,1-7H3,(H2,36,44)(H,37,48)(H,38,51)(H,39,50)(H,40,46)(H,41,49)(H,42,45)/t22-,24-,25-,30-,31-/m0/s1. The zero-order chi connectivity index (χ0) is 39.5. The molecule has 1 aromatic rings. The molecule has 290 valence electrons. The second kappa shape index (κ2) is 22.7. The van der Waals surface area contributed by atoms with Gasteiger partial charge in [0, 0.05) is 26.3 Å². The lowest BCUT2D eigenvalue weighted by atomic mass is 9.95. The lowest BCUT2D eigenvalue weighted by molar-refractivity contribution is -0.138. The Morgan fingerprint density at radius 3 is 1.88 bits per heavy atom. The van der Waals surface area contributed by atoms with Gasteiger partial charge >= 0.3 is 0 Å². The van der Waals surface area contributed by atoms with Crippen LogP contribution in [0.25, 0.3) is 0 Å². The van der Waals surface area contributed by atoms with Crippen LogP contribution in [-0.4, -0.2) is 102 Å². The van der Waals surface area contributed by atoms with E-state index in [-0.39, 0.29) is 31.6 Å². The van der Waals surface area contributed by atoms with Crippen molar-refractivity contribution in [2.45, 2.75) is 97.8 Å². The minimum absolute atomic E-state index is 0.0119. The minimum atomic E-state index is -1.19. The van der Waals surface area contributed by atoms with E-state index in [0.29, 0.717) is 12.0 Å². The Labute approximate surface area is 304 Å². The molecule has 0 radical (unpaired) electrons. The van der Waals surface area contributed by atoms with Crippen molar-refractivity contribution in [3.8, 4) is 0 Å². The second-order valence-corrected chi connectivity index (χ2v) is 13.6. The average Bonchev–Trinajstić information content (AvgIpc) is 3.09. The Balaban J connectivity index is 3.24. The van der Waals surface area contributed by atoms with Crippen LogP contribution in [0.5, 0.6) is 0 Å². The van der Waals surface area contributed by atoms with Crippen LogP contribution < -0.4 is 37.8 Å². The topological polar surface area (TPSA) is 258 Å². The van der Waals surface area contributed by atoms with E-state index in [4.69, 9.17) is 10.9 Å². The molecule has 0 aromatic heterocycles. The quantitative estimate of drug-likeness (QED) is 0.0551. The molecule has 17 heteroatoms. The third-order valence-electron chi connectivity index (χ3n) is 8.25. The third kappa shape index (κ3) is 16.3. The molecule has 5 atom stereocenters. The molecule has 8 amide bonds. The first-order valence-electron chi connectivity index (χ1n) is 17.4. The van der Waals surface area contributed by atoms with E-state index in [1.165, 1.54) is 12.5 Å². The predicted octanol–water partition coefficient (Wildman–Crippen LogP) is -0.738. The lowest BCUT2D eigenvalue weighted by Crippen LogP contribution is -2.61. The van der Waals surface area contributed by atoms with E-state index in [1.807, 2.05) is 20.8 Å². The maximum absolute atomic E-state index is 13.9. The molecule has 0 aliphatic carbocycles. The highest BCUT2D eigenvalue weighted by molar-refractivity contribution is 5.96. The van der Waals surface area contributed by atoms with Crippen LogP contribution in [0.1, 0.15) is 72.8 Å². The summed E-state index contributed by atoms with van der Waals surface area (Å²) in [6.45, 7) is 9.86. The molecular formula is C35H56N8O9. The van der Waals surface area contributed by atoms with Gasteiger partial charge in [0.1, 0.15) is 24.2 Å². The SMILES string of the molecule is CC[C@H](C)[C@H](NC(=O)[C@H](Cc1ccccc1)NC(=O)[C@@H](NC(=O)CN(C)C(=O)CCC(=O)NO)C(C)C)C(=O)N[C@@H](CC(C)C)C(=O)NCC(N)=O. The molecule has 0 spiro atoms. The molecule has 0 aliphatic heterocycles. The number of carbonyl (C=O) groups is 8. The fourth-order valence-corrected chi connectivity index (χ4v) is 5.06. The monoisotopic (exact) mass is 732 g/mol. The first kappa shape index (κ1) is 45.0. The summed E-state index contributed by atoms with van der Waals surface area (Å²) >= 11 is 0. The van der Waals surface area contributed by atoms with Crippen LogP contribution in [0.15, 0.2) is 30.3 Å². The number of hydroxylamine groups is 1. The summed E-state index contributed by atoms with van der Waals surface area (Å²) in [6.07, 6.45) is 0.224. The Kier molecular flexibility index (Phi) is 19.6. The van der Waals surface area contributed by atoms with Crippen molar-refractivity contribution in [3.63, 3.8) is 0 Å². The number of amides is 8. The van der Waals surface area contributed by atoms with Crippen molar-refractivity contribution in [1.29, 1.82) is 0 Å². The fraction of sp³-hybridized carbons (Fsp3) is 0.600. The Morgan fingerprint density at radius 2 is 1.35 bits per heavy atom. The van der Waals surface area contributed by atoms with E-state index in [1.54, 1.807) is 51.1 Å². The van der Waals surface area contributed by atoms with E-state index in [9.17, 15) is 38.4 Å². The van der Waals surface area contributed by atoms with Crippen molar-refractivity contribution in [1.82, 2.24) is 37.0 Å². The number of hydrogen-bond donors (Lipinski definition) is 8. The van der Waals surface area contributed by atoms with Crippen molar-refractivity contribution in [3.05, 3.63) is 35.9 Å². The number of primary amides is 1. The first-order chi connectivity index (χ1) is 24.4. The van der Waals surface area contributed by atoms with Crippen molar-refractivity contribution >= 4 is 47.3 Å². The number of benzene rings is 1. The highest BCUT2D eigenvalue weighted by Crippen LogP contribution is 2.13. The van der Waals surface area contributed by atoms with Gasteiger partial charge in [-0.1, -0.05) is 78.3 Å². The van der Waals surface area contributed by atoms with E-state index >= 15 is 0 Å². The molecule has 0 bridgehead atoms. The van der Waals surface area contributed by atoms with Gasteiger partial charge in [0.15, 0.2) is 0 Å². The summed E-state index contributed by atoms with van der Waals surface area (Å²) in [5, 5.41) is 21.8. The van der Waals surface area contributed by atoms with Gasteiger partial charge in [-0.3, -0.25) is 43.6 Å². The molecule has 52 heavy (non-hydrogen) atoms. The number of nitrogens with zero attached hydrogens (tertiary/aromatic N) is 1. The summed E-state index contributed by atoms with van der Waals surface area (Å²) in [6, 6.07) is 4.43. The van der Waals surface area contributed by atoms with Gasteiger partial charge in [-0.15, -0.1) is 0 Å².